The van der Waals surface area contributed by atoms with E-state index in [-0.39, 0.29) is 11.9 Å². The van der Waals surface area contributed by atoms with Crippen LogP contribution in [0.1, 0.15) is 40.3 Å². The highest BCUT2D eigenvalue weighted by atomic mass is 16.5. The first kappa shape index (κ1) is 18.2. The molecule has 0 bridgehead atoms. The Morgan fingerprint density at radius 3 is 2.57 bits per heavy atom. The van der Waals surface area contributed by atoms with Gasteiger partial charge in [-0.25, -0.2) is 0 Å². The Hall–Kier alpha value is -3.80. The van der Waals surface area contributed by atoms with E-state index in [1.807, 2.05) is 78.6 Å². The van der Waals surface area contributed by atoms with Gasteiger partial charge >= 0.3 is 0 Å². The molecule has 0 aliphatic carbocycles. The van der Waals surface area contributed by atoms with Crippen LogP contribution < -0.4 is 4.74 Å². The molecule has 1 amide bonds. The maximum atomic E-state index is 13.3. The third kappa shape index (κ3) is 3.06. The number of carbonyl (C=O) groups excluding carboxylic acids is 1. The second-order valence-corrected chi connectivity index (χ2v) is 7.14. The topological polar surface area (TPSA) is 71.4 Å². The zero-order valence-electron chi connectivity index (χ0n) is 16.5. The van der Waals surface area contributed by atoms with E-state index in [0.717, 1.165) is 33.9 Å². The number of ether oxygens (including phenoxy) is 1. The summed E-state index contributed by atoms with van der Waals surface area (Å²) in [5.41, 5.74) is 4.18. The average molecular weight is 399 g/mol. The van der Waals surface area contributed by atoms with Crippen molar-refractivity contribution in [1.29, 1.82) is 0 Å². The monoisotopic (exact) mass is 399 g/mol. The van der Waals surface area contributed by atoms with Gasteiger partial charge in [-0.15, -0.1) is 0 Å². The quantitative estimate of drug-likeness (QED) is 0.505. The van der Waals surface area contributed by atoms with Gasteiger partial charge in [-0.2, -0.15) is 5.10 Å². The van der Waals surface area contributed by atoms with Crippen LogP contribution in [0, 0.1) is 0 Å². The molecule has 2 aromatic carbocycles. The number of hydrogen-bond acceptors (Lipinski definition) is 4. The summed E-state index contributed by atoms with van der Waals surface area (Å²) in [6.07, 6.45) is 1.62. The summed E-state index contributed by atoms with van der Waals surface area (Å²) < 4.78 is 11.1. The second kappa shape index (κ2) is 7.55. The van der Waals surface area contributed by atoms with Gasteiger partial charge in [-0.1, -0.05) is 42.5 Å². The van der Waals surface area contributed by atoms with Crippen LogP contribution in [0.5, 0.6) is 5.75 Å². The molecule has 30 heavy (non-hydrogen) atoms. The van der Waals surface area contributed by atoms with Gasteiger partial charge in [-0.05, 0) is 36.8 Å². The predicted molar refractivity (Wildman–Crippen MR) is 112 cm³/mol. The molecule has 1 N–H and O–H groups in total. The Morgan fingerprint density at radius 1 is 1.07 bits per heavy atom. The molecule has 0 saturated heterocycles. The fourth-order valence-electron chi connectivity index (χ4n) is 4.01. The molecular formula is C24H21N3O3. The highest BCUT2D eigenvalue weighted by Crippen LogP contribution is 2.43. The Bertz CT molecular complexity index is 1150. The molecule has 6 heteroatoms. The van der Waals surface area contributed by atoms with Crippen molar-refractivity contribution in [3.8, 4) is 17.0 Å². The fourth-order valence-corrected chi connectivity index (χ4v) is 4.01. The van der Waals surface area contributed by atoms with Crippen LogP contribution in [0.15, 0.2) is 77.4 Å². The van der Waals surface area contributed by atoms with Crippen molar-refractivity contribution in [3.63, 3.8) is 0 Å². The lowest BCUT2D eigenvalue weighted by molar-refractivity contribution is 0.0717. The van der Waals surface area contributed by atoms with E-state index in [0.29, 0.717) is 18.8 Å². The van der Waals surface area contributed by atoms with Crippen LogP contribution >= 0.6 is 0 Å². The van der Waals surface area contributed by atoms with Gasteiger partial charge in [0.05, 0.1) is 31.2 Å². The van der Waals surface area contributed by atoms with Crippen LogP contribution in [0.4, 0.5) is 0 Å². The minimum atomic E-state index is -0.276. The number of rotatable bonds is 6. The molecule has 5 rings (SSSR count). The van der Waals surface area contributed by atoms with Gasteiger partial charge in [0, 0.05) is 11.1 Å². The van der Waals surface area contributed by atoms with Crippen molar-refractivity contribution in [2.24, 2.45) is 0 Å². The first-order valence-corrected chi connectivity index (χ1v) is 9.96. The van der Waals surface area contributed by atoms with Gasteiger partial charge in [0.25, 0.3) is 5.91 Å². The van der Waals surface area contributed by atoms with E-state index in [9.17, 15) is 4.79 Å². The van der Waals surface area contributed by atoms with E-state index >= 15 is 0 Å². The Labute approximate surface area is 174 Å². The highest BCUT2D eigenvalue weighted by Gasteiger charge is 2.42. The number of fused-ring (bicyclic) bond motifs is 1. The lowest BCUT2D eigenvalue weighted by atomic mass is 9.96. The van der Waals surface area contributed by atoms with Crippen molar-refractivity contribution in [2.75, 3.05) is 6.61 Å². The molecule has 3 heterocycles. The molecule has 150 valence electrons. The molecule has 2 aromatic heterocycles. The Balaban J connectivity index is 1.62. The van der Waals surface area contributed by atoms with Gasteiger partial charge in [0.15, 0.2) is 0 Å². The average Bonchev–Trinajstić information content (AvgIpc) is 3.50. The molecule has 1 atom stereocenters. The molecule has 4 aromatic rings. The lowest BCUT2D eigenvalue weighted by Crippen LogP contribution is -2.28. The summed E-state index contributed by atoms with van der Waals surface area (Å²) in [5, 5.41) is 7.47. The van der Waals surface area contributed by atoms with Gasteiger partial charge in [0.1, 0.15) is 17.2 Å². The normalized spacial score (nSPS) is 15.4. The van der Waals surface area contributed by atoms with Crippen molar-refractivity contribution >= 4 is 5.91 Å². The summed E-state index contributed by atoms with van der Waals surface area (Å²) in [6.45, 7) is 2.94. The van der Waals surface area contributed by atoms with Crippen molar-refractivity contribution in [2.45, 2.75) is 19.5 Å². The maximum absolute atomic E-state index is 13.3. The summed E-state index contributed by atoms with van der Waals surface area (Å²) in [5.74, 6) is 1.45. The van der Waals surface area contributed by atoms with E-state index in [2.05, 4.69) is 10.2 Å². The molecule has 1 aliphatic rings. The largest absolute Gasteiger partial charge is 0.494 e. The number of amides is 1. The summed E-state index contributed by atoms with van der Waals surface area (Å²) in [6, 6.07) is 21.3. The lowest BCUT2D eigenvalue weighted by Gasteiger charge is -2.25. The number of nitrogens with one attached hydrogen (secondary N) is 1. The zero-order chi connectivity index (χ0) is 20.5. The molecule has 0 radical (unpaired) electrons. The molecule has 0 fully saturated rings. The molecule has 6 nitrogen and oxygen atoms in total. The third-order valence-corrected chi connectivity index (χ3v) is 5.32. The van der Waals surface area contributed by atoms with E-state index in [4.69, 9.17) is 9.15 Å². The first-order valence-electron chi connectivity index (χ1n) is 9.96. The molecule has 0 saturated carbocycles. The summed E-state index contributed by atoms with van der Waals surface area (Å²) >= 11 is 0. The van der Waals surface area contributed by atoms with Crippen LogP contribution in [0.3, 0.4) is 0 Å². The van der Waals surface area contributed by atoms with Crippen molar-refractivity contribution in [3.05, 3.63) is 95.6 Å². The molecule has 1 unspecified atom stereocenters. The van der Waals surface area contributed by atoms with Crippen LogP contribution in [-0.4, -0.2) is 27.6 Å². The Morgan fingerprint density at radius 2 is 1.87 bits per heavy atom. The van der Waals surface area contributed by atoms with Crippen LogP contribution in [-0.2, 0) is 6.54 Å². The number of furan rings is 1. The molecule has 0 spiro atoms. The highest BCUT2D eigenvalue weighted by molar-refractivity contribution is 6.00. The molecular weight excluding hydrogens is 378 g/mol. The number of aromatic amines is 1. The summed E-state index contributed by atoms with van der Waals surface area (Å²) in [4.78, 5) is 15.1. The smallest absolute Gasteiger partial charge is 0.273 e. The number of nitrogens with zero attached hydrogens (tertiary/aromatic N) is 2. The van der Waals surface area contributed by atoms with Gasteiger partial charge in [0.2, 0.25) is 0 Å². The maximum Gasteiger partial charge on any atom is 0.273 e. The number of carbonyl (C=O) groups is 1. The van der Waals surface area contributed by atoms with Crippen LogP contribution in [0.2, 0.25) is 0 Å². The fraction of sp³-hybridized carbons (Fsp3) is 0.167. The number of hydrogen-bond donors (Lipinski definition) is 1. The SMILES string of the molecule is CCOc1ccc(C2c3c(-c4ccccc4)n[nH]c3C(=O)N2Cc2ccco2)cc1. The first-order chi connectivity index (χ1) is 14.8. The standard InChI is InChI=1S/C24H21N3O3/c1-2-29-18-12-10-17(11-13-18)23-20-21(16-7-4-3-5-8-16)25-26-22(20)24(28)27(23)15-19-9-6-14-30-19/h3-14,23H,2,15H2,1H3,(H,25,26). The third-order valence-electron chi connectivity index (χ3n) is 5.32. The number of benzene rings is 2. The molecule has 1 aliphatic heterocycles. The summed E-state index contributed by atoms with van der Waals surface area (Å²) in [7, 11) is 0. The van der Waals surface area contributed by atoms with Gasteiger partial charge in [-0.3, -0.25) is 9.89 Å². The second-order valence-electron chi connectivity index (χ2n) is 7.14. The van der Waals surface area contributed by atoms with Crippen molar-refractivity contribution in [1.82, 2.24) is 15.1 Å². The predicted octanol–water partition coefficient (Wildman–Crippen LogP) is 4.81. The Kier molecular flexibility index (Phi) is 4.59. The van der Waals surface area contributed by atoms with E-state index in [1.165, 1.54) is 0 Å². The van der Waals surface area contributed by atoms with E-state index in [1.54, 1.807) is 6.26 Å². The van der Waals surface area contributed by atoms with Crippen molar-refractivity contribution < 1.29 is 13.9 Å². The van der Waals surface area contributed by atoms with Crippen LogP contribution in [0.25, 0.3) is 11.3 Å². The zero-order valence-corrected chi connectivity index (χ0v) is 16.5. The number of aromatic nitrogens is 2. The number of H-pyrrole nitrogens is 1. The minimum Gasteiger partial charge on any atom is -0.494 e. The van der Waals surface area contributed by atoms with E-state index < -0.39 is 0 Å². The minimum absolute atomic E-state index is 0.0880. The van der Waals surface area contributed by atoms with Gasteiger partial charge < -0.3 is 14.1 Å².